The maximum absolute atomic E-state index is 12.2. The molecule has 4 rings (SSSR count). The van der Waals surface area contributed by atoms with Crippen LogP contribution < -0.4 is 9.80 Å². The van der Waals surface area contributed by atoms with Crippen molar-refractivity contribution < 1.29 is 9.53 Å². The zero-order valence-electron chi connectivity index (χ0n) is 17.5. The van der Waals surface area contributed by atoms with E-state index in [-0.39, 0.29) is 5.91 Å². The fraction of sp³-hybridized carbons (Fsp3) is 0.500. The van der Waals surface area contributed by atoms with Crippen LogP contribution in [0.3, 0.4) is 0 Å². The lowest BCUT2D eigenvalue weighted by Gasteiger charge is -2.34. The highest BCUT2D eigenvalue weighted by atomic mass is 32.2. The van der Waals surface area contributed by atoms with Crippen LogP contribution in [-0.2, 0) is 9.53 Å². The van der Waals surface area contributed by atoms with Crippen molar-refractivity contribution in [1.29, 1.82) is 0 Å². The first-order valence-electron chi connectivity index (χ1n) is 10.5. The van der Waals surface area contributed by atoms with Gasteiger partial charge >= 0.3 is 0 Å². The van der Waals surface area contributed by atoms with E-state index >= 15 is 0 Å². The van der Waals surface area contributed by atoms with Gasteiger partial charge in [-0.05, 0) is 24.5 Å². The predicted molar refractivity (Wildman–Crippen MR) is 122 cm³/mol. The zero-order chi connectivity index (χ0) is 20.8. The van der Waals surface area contributed by atoms with Gasteiger partial charge in [-0.2, -0.15) is 11.8 Å². The lowest BCUT2D eigenvalue weighted by molar-refractivity contribution is -0.131. The quantitative estimate of drug-likeness (QED) is 0.701. The summed E-state index contributed by atoms with van der Waals surface area (Å²) in [4.78, 5) is 28.0. The lowest BCUT2D eigenvalue weighted by atomic mass is 10.1. The second-order valence-corrected chi connectivity index (χ2v) is 8.48. The molecule has 0 bridgehead atoms. The number of ether oxygens (including phenoxy) is 1. The Labute approximate surface area is 182 Å². The number of nitrogens with zero attached hydrogens (tertiary/aromatic N) is 5. The van der Waals surface area contributed by atoms with Crippen LogP contribution in [0.2, 0.25) is 0 Å². The molecule has 8 heteroatoms. The minimum atomic E-state index is 0.249. The Bertz CT molecular complexity index is 834. The second-order valence-electron chi connectivity index (χ2n) is 7.50. The molecule has 2 saturated heterocycles. The molecule has 2 fully saturated rings. The average molecular weight is 428 g/mol. The third-order valence-electron chi connectivity index (χ3n) is 5.62. The molecule has 0 atom stereocenters. The summed E-state index contributed by atoms with van der Waals surface area (Å²) in [6.07, 6.45) is 4.48. The first-order valence-corrected chi connectivity index (χ1v) is 11.9. The molecule has 0 spiro atoms. The van der Waals surface area contributed by atoms with Crippen molar-refractivity contribution in [3.05, 3.63) is 36.5 Å². The van der Waals surface area contributed by atoms with Gasteiger partial charge in [0.2, 0.25) is 11.9 Å². The van der Waals surface area contributed by atoms with E-state index in [1.54, 1.807) is 11.8 Å². The van der Waals surface area contributed by atoms with Crippen LogP contribution in [0.1, 0.15) is 6.42 Å². The van der Waals surface area contributed by atoms with Crippen molar-refractivity contribution in [2.45, 2.75) is 6.42 Å². The molecule has 30 heavy (non-hydrogen) atoms. The highest BCUT2D eigenvalue weighted by molar-refractivity contribution is 7.98. The summed E-state index contributed by atoms with van der Waals surface area (Å²) >= 11 is 1.71. The number of piperazine rings is 1. The Morgan fingerprint density at radius 2 is 1.73 bits per heavy atom. The van der Waals surface area contributed by atoms with Gasteiger partial charge in [0.05, 0.1) is 18.9 Å². The van der Waals surface area contributed by atoms with Gasteiger partial charge in [-0.15, -0.1) is 0 Å². The van der Waals surface area contributed by atoms with E-state index in [0.717, 1.165) is 75.4 Å². The van der Waals surface area contributed by atoms with Crippen molar-refractivity contribution in [2.75, 3.05) is 74.3 Å². The van der Waals surface area contributed by atoms with E-state index in [0.29, 0.717) is 6.42 Å². The van der Waals surface area contributed by atoms with Crippen LogP contribution in [0.25, 0.3) is 11.3 Å². The summed E-state index contributed by atoms with van der Waals surface area (Å²) in [6, 6.07) is 10.5. The monoisotopic (exact) mass is 427 g/mol. The van der Waals surface area contributed by atoms with Gasteiger partial charge in [-0.1, -0.05) is 12.1 Å². The van der Waals surface area contributed by atoms with Crippen molar-refractivity contribution in [3.63, 3.8) is 0 Å². The summed E-state index contributed by atoms with van der Waals surface area (Å²) in [7, 11) is 0. The molecule has 2 aliphatic rings. The zero-order valence-corrected chi connectivity index (χ0v) is 18.3. The first kappa shape index (κ1) is 20.9. The van der Waals surface area contributed by atoms with Crippen LogP contribution in [0, 0.1) is 0 Å². The normalized spacial score (nSPS) is 17.3. The fourth-order valence-electron chi connectivity index (χ4n) is 3.83. The predicted octanol–water partition coefficient (Wildman–Crippen LogP) is 2.38. The van der Waals surface area contributed by atoms with E-state index in [1.165, 1.54) is 5.69 Å². The summed E-state index contributed by atoms with van der Waals surface area (Å²) in [6.45, 7) is 6.44. The molecule has 1 aromatic heterocycles. The Morgan fingerprint density at radius 3 is 2.43 bits per heavy atom. The maximum Gasteiger partial charge on any atom is 0.225 e. The van der Waals surface area contributed by atoms with E-state index in [9.17, 15) is 4.79 Å². The topological polar surface area (TPSA) is 61.8 Å². The Hall–Kier alpha value is -2.32. The number of hydrogen-bond acceptors (Lipinski definition) is 7. The van der Waals surface area contributed by atoms with E-state index in [4.69, 9.17) is 9.72 Å². The van der Waals surface area contributed by atoms with E-state index < -0.39 is 0 Å². The SMILES string of the molecule is CSCCC(=O)N1CCN(c2nccc(-c3ccc(N4CCOCC4)cc3)n2)CC1. The van der Waals surface area contributed by atoms with Crippen molar-refractivity contribution >= 4 is 29.3 Å². The van der Waals surface area contributed by atoms with Crippen LogP contribution in [-0.4, -0.2) is 85.3 Å². The Morgan fingerprint density at radius 1 is 1.00 bits per heavy atom. The first-order chi connectivity index (χ1) is 14.7. The molecule has 1 amide bonds. The molecular weight excluding hydrogens is 398 g/mol. The van der Waals surface area contributed by atoms with E-state index in [1.807, 2.05) is 23.4 Å². The molecule has 1 aromatic carbocycles. The molecule has 160 valence electrons. The summed E-state index contributed by atoms with van der Waals surface area (Å²) in [5.74, 6) is 1.87. The number of carbonyl (C=O) groups excluding carboxylic acids is 1. The van der Waals surface area contributed by atoms with Gasteiger partial charge in [0.1, 0.15) is 0 Å². The molecule has 0 unspecified atom stereocenters. The molecule has 2 aromatic rings. The molecular formula is C22H29N5O2S. The molecule has 7 nitrogen and oxygen atoms in total. The number of morpholine rings is 1. The number of amides is 1. The molecule has 0 saturated carbocycles. The standard InChI is InChI=1S/C22H29N5O2S/c1-30-17-7-21(28)26-9-11-27(12-10-26)22-23-8-6-20(24-22)18-2-4-19(5-3-18)25-13-15-29-16-14-25/h2-6,8H,7,9-17H2,1H3. The number of hydrogen-bond donors (Lipinski definition) is 0. The van der Waals surface area contributed by atoms with Crippen molar-refractivity contribution in [1.82, 2.24) is 14.9 Å². The van der Waals surface area contributed by atoms with Crippen LogP contribution in [0.15, 0.2) is 36.5 Å². The molecule has 0 radical (unpaired) electrons. The van der Waals surface area contributed by atoms with Gasteiger partial charge in [-0.25, -0.2) is 9.97 Å². The third-order valence-corrected chi connectivity index (χ3v) is 6.23. The van der Waals surface area contributed by atoms with Gasteiger partial charge in [0, 0.05) is 68.9 Å². The van der Waals surface area contributed by atoms with Crippen molar-refractivity contribution in [3.8, 4) is 11.3 Å². The van der Waals surface area contributed by atoms with Gasteiger partial charge in [0.15, 0.2) is 0 Å². The third kappa shape index (κ3) is 5.05. The Balaban J connectivity index is 1.39. The maximum atomic E-state index is 12.2. The molecule has 3 heterocycles. The smallest absolute Gasteiger partial charge is 0.225 e. The second kappa shape index (κ2) is 10.1. The number of rotatable bonds is 6. The van der Waals surface area contributed by atoms with Gasteiger partial charge in [-0.3, -0.25) is 4.79 Å². The number of anilines is 2. The highest BCUT2D eigenvalue weighted by Gasteiger charge is 2.22. The highest BCUT2D eigenvalue weighted by Crippen LogP contribution is 2.24. The largest absolute Gasteiger partial charge is 0.378 e. The van der Waals surface area contributed by atoms with Crippen LogP contribution >= 0.6 is 11.8 Å². The lowest BCUT2D eigenvalue weighted by Crippen LogP contribution is -2.49. The van der Waals surface area contributed by atoms with Gasteiger partial charge < -0.3 is 19.4 Å². The summed E-state index contributed by atoms with van der Waals surface area (Å²) in [5.41, 5.74) is 3.23. The molecule has 2 aliphatic heterocycles. The van der Waals surface area contributed by atoms with Crippen LogP contribution in [0.5, 0.6) is 0 Å². The number of carbonyl (C=O) groups is 1. The number of aromatic nitrogens is 2. The molecule has 0 N–H and O–H groups in total. The molecule has 0 aliphatic carbocycles. The Kier molecular flexibility index (Phi) is 7.07. The summed E-state index contributed by atoms with van der Waals surface area (Å²) < 4.78 is 5.44. The minimum absolute atomic E-state index is 0.249. The van der Waals surface area contributed by atoms with Crippen molar-refractivity contribution in [2.24, 2.45) is 0 Å². The fourth-order valence-corrected chi connectivity index (χ4v) is 4.21. The average Bonchev–Trinajstić information content (AvgIpc) is 2.83. The van der Waals surface area contributed by atoms with Crippen LogP contribution in [0.4, 0.5) is 11.6 Å². The summed E-state index contributed by atoms with van der Waals surface area (Å²) in [5, 5.41) is 0. The minimum Gasteiger partial charge on any atom is -0.378 e. The number of thioether (sulfide) groups is 1. The van der Waals surface area contributed by atoms with Gasteiger partial charge in [0.25, 0.3) is 0 Å². The number of benzene rings is 1. The van der Waals surface area contributed by atoms with E-state index in [2.05, 4.69) is 39.0 Å².